The van der Waals surface area contributed by atoms with Crippen LogP contribution >= 0.6 is 0 Å². The zero-order valence-electron chi connectivity index (χ0n) is 17.8. The molecule has 4 aromatic rings. The molecule has 0 atom stereocenters. The lowest BCUT2D eigenvalue weighted by molar-refractivity contribution is -0.145. The Balaban J connectivity index is 1.05. The number of amides is 1. The molecular weight excluding hydrogens is 418 g/mol. The second-order valence-electron chi connectivity index (χ2n) is 9.16. The Labute approximate surface area is 189 Å². The van der Waals surface area contributed by atoms with Crippen molar-refractivity contribution in [3.8, 4) is 22.9 Å². The number of carbonyl (C=O) groups excluding carboxylic acids is 2. The van der Waals surface area contributed by atoms with E-state index in [0.717, 1.165) is 30.4 Å². The highest BCUT2D eigenvalue weighted by Crippen LogP contribution is 2.69. The molecule has 3 aliphatic carbocycles. The first kappa shape index (κ1) is 19.7. The van der Waals surface area contributed by atoms with Gasteiger partial charge in [-0.15, -0.1) is 0 Å². The average molecular weight is 439 g/mol. The lowest BCUT2D eigenvalue weighted by Crippen LogP contribution is -2.74. The minimum absolute atomic E-state index is 0.0490. The molecule has 0 spiro atoms. The molecule has 2 bridgehead atoms. The van der Waals surface area contributed by atoms with Gasteiger partial charge in [0.1, 0.15) is 0 Å². The summed E-state index contributed by atoms with van der Waals surface area (Å²) in [5.74, 6) is 1.02. The number of nitrogens with one attached hydrogen (secondary N) is 1. The summed E-state index contributed by atoms with van der Waals surface area (Å²) in [6.45, 7) is 0. The fourth-order valence-corrected chi connectivity index (χ4v) is 5.26. The predicted octanol–water partition coefficient (Wildman–Crippen LogP) is 4.92. The zero-order valence-corrected chi connectivity index (χ0v) is 17.8. The van der Waals surface area contributed by atoms with E-state index < -0.39 is 0 Å². The van der Waals surface area contributed by atoms with Crippen LogP contribution in [0.4, 0.5) is 0 Å². The minimum atomic E-state index is -0.271. The van der Waals surface area contributed by atoms with Crippen molar-refractivity contribution in [1.29, 1.82) is 0 Å². The second kappa shape index (κ2) is 7.27. The van der Waals surface area contributed by atoms with Crippen LogP contribution < -0.4 is 5.32 Å². The number of carbonyl (C=O) groups is 2. The number of hydrogen-bond donors (Lipinski definition) is 1. The van der Waals surface area contributed by atoms with Crippen molar-refractivity contribution in [2.75, 3.05) is 0 Å². The Bertz CT molecular complexity index is 1220. The molecule has 33 heavy (non-hydrogen) atoms. The fourth-order valence-electron chi connectivity index (χ4n) is 5.26. The van der Waals surface area contributed by atoms with Crippen molar-refractivity contribution in [2.24, 2.45) is 5.41 Å². The molecule has 7 rings (SSSR count). The maximum absolute atomic E-state index is 12.8. The smallest absolute Gasteiger partial charge is 0.289 e. The summed E-state index contributed by atoms with van der Waals surface area (Å²) in [6.07, 6.45) is 5.68. The Kier molecular flexibility index (Phi) is 4.33. The monoisotopic (exact) mass is 439 g/mol. The molecule has 3 saturated carbocycles. The predicted molar refractivity (Wildman–Crippen MR) is 119 cm³/mol. The largest absolute Gasteiger partial charge is 0.433 e. The number of Topliss-reactive ketones (excluding diaryl/α,β-unsaturated/α-hetero) is 1. The molecule has 2 aromatic carbocycles. The molecule has 0 saturated heterocycles. The van der Waals surface area contributed by atoms with Gasteiger partial charge in [-0.25, -0.2) is 9.97 Å². The van der Waals surface area contributed by atoms with Gasteiger partial charge in [0.25, 0.3) is 5.91 Å². The van der Waals surface area contributed by atoms with Gasteiger partial charge >= 0.3 is 0 Å². The number of oxazole rings is 2. The molecule has 2 aromatic heterocycles. The first-order valence-electron chi connectivity index (χ1n) is 10.9. The van der Waals surface area contributed by atoms with Crippen LogP contribution in [0.15, 0.2) is 81.9 Å². The van der Waals surface area contributed by atoms with E-state index in [2.05, 4.69) is 15.3 Å². The Morgan fingerprint density at radius 3 is 1.88 bits per heavy atom. The summed E-state index contributed by atoms with van der Waals surface area (Å²) >= 11 is 0. The van der Waals surface area contributed by atoms with Gasteiger partial charge in [-0.2, -0.15) is 0 Å². The van der Waals surface area contributed by atoms with Crippen molar-refractivity contribution in [3.63, 3.8) is 0 Å². The van der Waals surface area contributed by atoms with Crippen LogP contribution in [0.3, 0.4) is 0 Å². The maximum atomic E-state index is 12.8. The summed E-state index contributed by atoms with van der Waals surface area (Å²) in [5, 5.41) is 3.08. The van der Waals surface area contributed by atoms with Crippen LogP contribution in [-0.4, -0.2) is 27.2 Å². The zero-order chi connectivity index (χ0) is 22.5. The normalized spacial score (nSPS) is 22.8. The van der Waals surface area contributed by atoms with Gasteiger partial charge in [-0.05, 0) is 48.9 Å². The second-order valence-corrected chi connectivity index (χ2v) is 9.16. The van der Waals surface area contributed by atoms with Crippen molar-refractivity contribution in [2.45, 2.75) is 31.2 Å². The van der Waals surface area contributed by atoms with Gasteiger partial charge in [0, 0.05) is 23.1 Å². The van der Waals surface area contributed by atoms with E-state index in [1.54, 1.807) is 0 Å². The van der Waals surface area contributed by atoms with E-state index in [0.29, 0.717) is 18.2 Å². The third-order valence-corrected chi connectivity index (χ3v) is 6.61. The first-order chi connectivity index (χ1) is 16.0. The van der Waals surface area contributed by atoms with E-state index in [1.165, 1.54) is 12.4 Å². The first-order valence-corrected chi connectivity index (χ1v) is 10.9. The van der Waals surface area contributed by atoms with Crippen molar-refractivity contribution < 1.29 is 18.4 Å². The van der Waals surface area contributed by atoms with Gasteiger partial charge in [0.2, 0.25) is 17.5 Å². The van der Waals surface area contributed by atoms with Crippen molar-refractivity contribution in [1.82, 2.24) is 15.3 Å². The maximum Gasteiger partial charge on any atom is 0.289 e. The molecule has 7 nitrogen and oxygen atoms in total. The Hall–Kier alpha value is -4.00. The highest BCUT2D eigenvalue weighted by Gasteiger charge is 2.68. The third-order valence-electron chi connectivity index (χ3n) is 6.61. The summed E-state index contributed by atoms with van der Waals surface area (Å²) < 4.78 is 11.4. The highest BCUT2D eigenvalue weighted by molar-refractivity contribution is 5.95. The number of hydrogen-bond acceptors (Lipinski definition) is 6. The Morgan fingerprint density at radius 1 is 0.788 bits per heavy atom. The molecule has 1 amide bonds. The molecule has 0 radical (unpaired) electrons. The average Bonchev–Trinajstić information content (AvgIpc) is 3.48. The van der Waals surface area contributed by atoms with Crippen LogP contribution in [0, 0.1) is 5.41 Å². The summed E-state index contributed by atoms with van der Waals surface area (Å²) in [6, 6.07) is 19.0. The summed E-state index contributed by atoms with van der Waals surface area (Å²) in [7, 11) is 0. The van der Waals surface area contributed by atoms with E-state index in [1.807, 2.05) is 60.7 Å². The lowest BCUT2D eigenvalue weighted by Gasteiger charge is -2.70. The van der Waals surface area contributed by atoms with Gasteiger partial charge in [-0.1, -0.05) is 36.4 Å². The van der Waals surface area contributed by atoms with Gasteiger partial charge in [-0.3, -0.25) is 9.59 Å². The highest BCUT2D eigenvalue weighted by atomic mass is 16.4. The molecule has 2 heterocycles. The van der Waals surface area contributed by atoms with E-state index in [-0.39, 0.29) is 34.2 Å². The molecule has 3 aliphatic rings. The van der Waals surface area contributed by atoms with E-state index in [9.17, 15) is 9.59 Å². The summed E-state index contributed by atoms with van der Waals surface area (Å²) in [4.78, 5) is 33.9. The van der Waals surface area contributed by atoms with Crippen LogP contribution in [0.2, 0.25) is 0 Å². The number of ketones is 1. The molecule has 7 heteroatoms. The number of rotatable bonds is 7. The van der Waals surface area contributed by atoms with E-state index in [4.69, 9.17) is 8.83 Å². The summed E-state index contributed by atoms with van der Waals surface area (Å²) in [5.41, 5.74) is 1.34. The fraction of sp³-hybridized carbons (Fsp3) is 0.231. The molecule has 0 aliphatic heterocycles. The minimum Gasteiger partial charge on any atom is -0.433 e. The third kappa shape index (κ3) is 3.46. The standard InChI is InChI=1S/C26H21N3O4/c30-19(20-12-27-23(32-20)17-7-3-1-4-8-17)11-25-14-26(15-25,16-25)29-22(31)21-13-28-24(33-21)18-9-5-2-6-10-18/h1-10,12-13H,11,14-16H2,(H,29,31). The Morgan fingerprint density at radius 2 is 1.30 bits per heavy atom. The molecule has 3 fully saturated rings. The number of aromatic nitrogens is 2. The van der Waals surface area contributed by atoms with E-state index >= 15 is 0 Å². The van der Waals surface area contributed by atoms with Crippen LogP contribution in [0.1, 0.15) is 46.8 Å². The van der Waals surface area contributed by atoms with Gasteiger partial charge in [0.05, 0.1) is 12.4 Å². The van der Waals surface area contributed by atoms with Gasteiger partial charge < -0.3 is 14.2 Å². The molecule has 1 N–H and O–H groups in total. The topological polar surface area (TPSA) is 98.2 Å². The lowest BCUT2D eigenvalue weighted by atomic mass is 9.38. The SMILES string of the molecule is O=C(CC12CC(NC(=O)c3cnc(-c4ccccc4)o3)(C1)C2)c1cnc(-c2ccccc2)o1. The van der Waals surface area contributed by atoms with Crippen LogP contribution in [0.25, 0.3) is 22.9 Å². The van der Waals surface area contributed by atoms with Crippen molar-refractivity contribution in [3.05, 3.63) is 84.6 Å². The van der Waals surface area contributed by atoms with Crippen LogP contribution in [0.5, 0.6) is 0 Å². The quantitative estimate of drug-likeness (QED) is 0.410. The van der Waals surface area contributed by atoms with Crippen LogP contribution in [-0.2, 0) is 0 Å². The van der Waals surface area contributed by atoms with Crippen molar-refractivity contribution >= 4 is 11.7 Å². The van der Waals surface area contributed by atoms with Gasteiger partial charge in [0.15, 0.2) is 11.5 Å². The molecule has 0 unspecified atom stereocenters. The molecule has 164 valence electrons. The molecular formula is C26H21N3O4. The number of benzene rings is 2. The number of nitrogens with zero attached hydrogens (tertiary/aromatic N) is 2.